The van der Waals surface area contributed by atoms with Gasteiger partial charge in [-0.2, -0.15) is 0 Å². The lowest BCUT2D eigenvalue weighted by molar-refractivity contribution is -0.127. The van der Waals surface area contributed by atoms with Crippen LogP contribution in [0, 0.1) is 0 Å². The van der Waals surface area contributed by atoms with Gasteiger partial charge in [0.25, 0.3) is 5.91 Å². The Morgan fingerprint density at radius 2 is 1.45 bits per heavy atom. The average Bonchev–Trinajstić information content (AvgIpc) is 2.75. The van der Waals surface area contributed by atoms with Crippen LogP contribution in [0.2, 0.25) is 0 Å². The predicted octanol–water partition coefficient (Wildman–Crippen LogP) is 4.60. The van der Waals surface area contributed by atoms with Crippen molar-refractivity contribution in [2.75, 3.05) is 6.54 Å². The number of ketones is 1. The highest BCUT2D eigenvalue weighted by atomic mass is 16.5. The molecule has 29 heavy (non-hydrogen) atoms. The largest absolute Gasteiger partial charge is 0.481 e. The van der Waals surface area contributed by atoms with Crippen molar-refractivity contribution >= 4 is 11.7 Å². The van der Waals surface area contributed by atoms with Crippen LogP contribution in [0.1, 0.15) is 41.3 Å². The molecule has 0 radical (unpaired) electrons. The van der Waals surface area contributed by atoms with Crippen LogP contribution in [-0.2, 0) is 4.79 Å². The molecule has 3 aromatic carbocycles. The molecule has 1 atom stereocenters. The summed E-state index contributed by atoms with van der Waals surface area (Å²) in [5, 5.41) is 3.01. The molecule has 0 aromatic heterocycles. The molecule has 0 aliphatic heterocycles. The number of amides is 1. The van der Waals surface area contributed by atoms with Crippen LogP contribution >= 0.6 is 0 Å². The second-order valence-corrected chi connectivity index (χ2v) is 6.96. The minimum absolute atomic E-state index is 0.0406. The Morgan fingerprint density at radius 1 is 0.862 bits per heavy atom. The molecular weight excluding hydrogens is 362 g/mol. The predicted molar refractivity (Wildman–Crippen MR) is 114 cm³/mol. The van der Waals surface area contributed by atoms with Crippen LogP contribution in [0.5, 0.6) is 5.75 Å². The van der Waals surface area contributed by atoms with Gasteiger partial charge in [0.05, 0.1) is 0 Å². The molecule has 0 aliphatic rings. The zero-order valence-electron chi connectivity index (χ0n) is 16.7. The third-order valence-corrected chi connectivity index (χ3v) is 4.81. The second-order valence-electron chi connectivity index (χ2n) is 6.96. The van der Waals surface area contributed by atoms with Crippen molar-refractivity contribution in [3.63, 3.8) is 0 Å². The van der Waals surface area contributed by atoms with Crippen LogP contribution in [0.15, 0.2) is 84.9 Å². The molecule has 0 heterocycles. The zero-order valence-corrected chi connectivity index (χ0v) is 16.7. The van der Waals surface area contributed by atoms with Crippen LogP contribution in [0.25, 0.3) is 0 Å². The van der Waals surface area contributed by atoms with Gasteiger partial charge in [0.15, 0.2) is 11.9 Å². The van der Waals surface area contributed by atoms with E-state index in [2.05, 4.69) is 29.6 Å². The van der Waals surface area contributed by atoms with E-state index in [0.29, 0.717) is 17.9 Å². The number of hydrogen-bond acceptors (Lipinski definition) is 3. The summed E-state index contributed by atoms with van der Waals surface area (Å²) in [4.78, 5) is 24.2. The van der Waals surface area contributed by atoms with Gasteiger partial charge in [0, 0.05) is 18.0 Å². The summed E-state index contributed by atoms with van der Waals surface area (Å²) in [7, 11) is 0. The van der Waals surface area contributed by atoms with E-state index >= 15 is 0 Å². The quantitative estimate of drug-likeness (QED) is 0.575. The number of nitrogens with one attached hydrogen (secondary N) is 1. The lowest BCUT2D eigenvalue weighted by Crippen LogP contribution is -2.38. The van der Waals surface area contributed by atoms with Gasteiger partial charge >= 0.3 is 0 Å². The van der Waals surface area contributed by atoms with Crippen molar-refractivity contribution in [1.82, 2.24) is 5.32 Å². The van der Waals surface area contributed by atoms with E-state index in [0.717, 1.165) is 11.1 Å². The summed E-state index contributed by atoms with van der Waals surface area (Å²) in [6.45, 7) is 3.67. The highest BCUT2D eigenvalue weighted by Gasteiger charge is 2.19. The standard InChI is InChI=1S/C25H25NO3/c1-18(27)22-14-9-15-23(16-22)29-19(2)25(28)26-17-24(20-10-5-3-6-11-20)21-12-7-4-8-13-21/h3-16,19,24H,17H2,1-2H3,(H,26,28). The summed E-state index contributed by atoms with van der Waals surface area (Å²) in [5.74, 6) is 0.314. The van der Waals surface area contributed by atoms with Crippen molar-refractivity contribution in [3.05, 3.63) is 102 Å². The monoisotopic (exact) mass is 387 g/mol. The van der Waals surface area contributed by atoms with Crippen molar-refractivity contribution in [2.24, 2.45) is 0 Å². The van der Waals surface area contributed by atoms with Crippen LogP contribution < -0.4 is 10.1 Å². The van der Waals surface area contributed by atoms with E-state index in [1.54, 1.807) is 31.2 Å². The van der Waals surface area contributed by atoms with Crippen molar-refractivity contribution < 1.29 is 14.3 Å². The average molecular weight is 387 g/mol. The minimum atomic E-state index is -0.676. The molecule has 0 saturated carbocycles. The molecule has 3 aromatic rings. The number of Topliss-reactive ketones (excluding diaryl/α,β-unsaturated/α-hetero) is 1. The van der Waals surface area contributed by atoms with Crippen LogP contribution in [-0.4, -0.2) is 24.3 Å². The Kier molecular flexibility index (Phi) is 6.80. The third-order valence-electron chi connectivity index (χ3n) is 4.81. The number of carbonyl (C=O) groups excluding carboxylic acids is 2. The van der Waals surface area contributed by atoms with Gasteiger partial charge in [-0.15, -0.1) is 0 Å². The Morgan fingerprint density at radius 3 is 2.00 bits per heavy atom. The minimum Gasteiger partial charge on any atom is -0.481 e. The van der Waals surface area contributed by atoms with Crippen molar-refractivity contribution in [3.8, 4) is 5.75 Å². The maximum atomic E-state index is 12.6. The van der Waals surface area contributed by atoms with Gasteiger partial charge in [-0.05, 0) is 37.1 Å². The number of carbonyl (C=O) groups is 2. The summed E-state index contributed by atoms with van der Waals surface area (Å²) < 4.78 is 5.75. The Labute approximate surface area is 171 Å². The highest BCUT2D eigenvalue weighted by Crippen LogP contribution is 2.24. The summed E-state index contributed by atoms with van der Waals surface area (Å²) in [5.41, 5.74) is 2.84. The third kappa shape index (κ3) is 5.55. The van der Waals surface area contributed by atoms with Crippen molar-refractivity contribution in [2.45, 2.75) is 25.9 Å². The molecule has 0 bridgehead atoms. The van der Waals surface area contributed by atoms with Gasteiger partial charge in [0.2, 0.25) is 0 Å². The maximum absolute atomic E-state index is 12.6. The van der Waals surface area contributed by atoms with Gasteiger partial charge in [-0.25, -0.2) is 0 Å². The first-order valence-electron chi connectivity index (χ1n) is 9.70. The molecule has 4 heteroatoms. The summed E-state index contributed by atoms with van der Waals surface area (Å²) in [6.07, 6.45) is -0.676. The number of ether oxygens (including phenoxy) is 1. The fourth-order valence-electron chi connectivity index (χ4n) is 3.19. The van der Waals surface area contributed by atoms with E-state index < -0.39 is 6.10 Å². The summed E-state index contributed by atoms with van der Waals surface area (Å²) in [6, 6.07) is 27.1. The van der Waals surface area contributed by atoms with Gasteiger partial charge < -0.3 is 10.1 Å². The lowest BCUT2D eigenvalue weighted by Gasteiger charge is -2.21. The smallest absolute Gasteiger partial charge is 0.260 e. The molecule has 0 saturated heterocycles. The van der Waals surface area contributed by atoms with Gasteiger partial charge in [-0.1, -0.05) is 72.8 Å². The number of rotatable bonds is 8. The van der Waals surface area contributed by atoms with Gasteiger partial charge in [-0.3, -0.25) is 9.59 Å². The van der Waals surface area contributed by atoms with E-state index in [4.69, 9.17) is 4.74 Å². The molecule has 0 aliphatic carbocycles. The van der Waals surface area contributed by atoms with E-state index in [9.17, 15) is 9.59 Å². The molecule has 1 N–H and O–H groups in total. The highest BCUT2D eigenvalue weighted by molar-refractivity contribution is 5.94. The lowest BCUT2D eigenvalue weighted by atomic mass is 9.91. The topological polar surface area (TPSA) is 55.4 Å². The van der Waals surface area contributed by atoms with Crippen LogP contribution in [0.3, 0.4) is 0 Å². The first-order valence-corrected chi connectivity index (χ1v) is 9.70. The first kappa shape index (κ1) is 20.3. The zero-order chi connectivity index (χ0) is 20.6. The molecule has 4 nitrogen and oxygen atoms in total. The number of hydrogen-bond donors (Lipinski definition) is 1. The molecule has 0 spiro atoms. The van der Waals surface area contributed by atoms with E-state index in [1.807, 2.05) is 36.4 Å². The SMILES string of the molecule is CC(=O)c1cccc(OC(C)C(=O)NCC(c2ccccc2)c2ccccc2)c1. The molecule has 1 amide bonds. The Bertz CT molecular complexity index is 915. The number of benzene rings is 3. The van der Waals surface area contributed by atoms with Gasteiger partial charge in [0.1, 0.15) is 5.75 Å². The van der Waals surface area contributed by atoms with E-state index in [1.165, 1.54) is 6.92 Å². The molecule has 3 rings (SSSR count). The molecule has 0 fully saturated rings. The fourth-order valence-corrected chi connectivity index (χ4v) is 3.19. The Balaban J connectivity index is 1.67. The maximum Gasteiger partial charge on any atom is 0.260 e. The normalized spacial score (nSPS) is 11.7. The Hall–Kier alpha value is -3.40. The summed E-state index contributed by atoms with van der Waals surface area (Å²) >= 11 is 0. The van der Waals surface area contributed by atoms with Crippen molar-refractivity contribution in [1.29, 1.82) is 0 Å². The first-order chi connectivity index (χ1) is 14.0. The van der Waals surface area contributed by atoms with Crippen LogP contribution in [0.4, 0.5) is 0 Å². The van der Waals surface area contributed by atoms with E-state index in [-0.39, 0.29) is 17.6 Å². The fraction of sp³-hybridized carbons (Fsp3) is 0.200. The second kappa shape index (κ2) is 9.69. The molecular formula is C25H25NO3. The molecule has 1 unspecified atom stereocenters. The molecule has 148 valence electrons.